The van der Waals surface area contributed by atoms with Gasteiger partial charge in [0.25, 0.3) is 0 Å². The van der Waals surface area contributed by atoms with E-state index in [1.807, 2.05) is 31.2 Å². The molecule has 0 aliphatic carbocycles. The van der Waals surface area contributed by atoms with Crippen LogP contribution in [0.2, 0.25) is 0 Å². The van der Waals surface area contributed by atoms with Crippen molar-refractivity contribution in [2.75, 3.05) is 40.0 Å². The lowest BCUT2D eigenvalue weighted by molar-refractivity contribution is -0.136. The number of rotatable bonds is 7. The molecule has 1 aromatic carbocycles. The Kier molecular flexibility index (Phi) is 6.21. The van der Waals surface area contributed by atoms with E-state index in [4.69, 9.17) is 9.47 Å². The van der Waals surface area contributed by atoms with Crippen LogP contribution in [0.15, 0.2) is 24.3 Å². The summed E-state index contributed by atoms with van der Waals surface area (Å²) in [6.07, 6.45) is 1.62. The minimum Gasteiger partial charge on any atom is -0.492 e. The number of carbonyl (C=O) groups is 1. The van der Waals surface area contributed by atoms with Gasteiger partial charge in [-0.25, -0.2) is 0 Å². The molecule has 0 radical (unpaired) electrons. The third-order valence-electron chi connectivity index (χ3n) is 4.11. The standard InChI is InChI=1S/C17H26N2O3/c1-14-4-3-5-15(12-14)22-11-10-19-16(20)17(13-21-2)6-8-18-9-7-17/h3-5,12,18H,6-11,13H2,1-2H3,(H,19,20). The molecule has 1 aromatic rings. The first-order valence-corrected chi connectivity index (χ1v) is 7.84. The van der Waals surface area contributed by atoms with Crippen LogP contribution >= 0.6 is 0 Å². The number of piperidine rings is 1. The van der Waals surface area contributed by atoms with Gasteiger partial charge in [-0.1, -0.05) is 12.1 Å². The fourth-order valence-corrected chi connectivity index (χ4v) is 2.84. The van der Waals surface area contributed by atoms with Crippen molar-refractivity contribution in [2.45, 2.75) is 19.8 Å². The van der Waals surface area contributed by atoms with Gasteiger partial charge in [0.2, 0.25) is 5.91 Å². The Bertz CT molecular complexity index is 479. The Morgan fingerprint density at radius 2 is 2.14 bits per heavy atom. The lowest BCUT2D eigenvalue weighted by atomic mass is 9.78. The number of hydrogen-bond acceptors (Lipinski definition) is 4. The van der Waals surface area contributed by atoms with E-state index in [2.05, 4.69) is 10.6 Å². The Labute approximate surface area is 132 Å². The van der Waals surface area contributed by atoms with E-state index >= 15 is 0 Å². The molecule has 2 rings (SSSR count). The highest BCUT2D eigenvalue weighted by molar-refractivity contribution is 5.83. The van der Waals surface area contributed by atoms with Crippen molar-refractivity contribution in [3.63, 3.8) is 0 Å². The minimum atomic E-state index is -0.399. The molecule has 5 nitrogen and oxygen atoms in total. The van der Waals surface area contributed by atoms with Crippen molar-refractivity contribution in [3.05, 3.63) is 29.8 Å². The zero-order valence-electron chi connectivity index (χ0n) is 13.5. The molecule has 1 fully saturated rings. The van der Waals surface area contributed by atoms with Crippen molar-refractivity contribution < 1.29 is 14.3 Å². The molecule has 0 bridgehead atoms. The third-order valence-corrected chi connectivity index (χ3v) is 4.11. The summed E-state index contributed by atoms with van der Waals surface area (Å²) in [5.74, 6) is 0.909. The second kappa shape index (κ2) is 8.15. The maximum atomic E-state index is 12.5. The van der Waals surface area contributed by atoms with Crippen molar-refractivity contribution >= 4 is 5.91 Å². The summed E-state index contributed by atoms with van der Waals surface area (Å²) in [4.78, 5) is 12.5. The first-order valence-electron chi connectivity index (χ1n) is 7.84. The highest BCUT2D eigenvalue weighted by Crippen LogP contribution is 2.29. The average molecular weight is 306 g/mol. The Hall–Kier alpha value is -1.59. The number of amides is 1. The maximum absolute atomic E-state index is 12.5. The quantitative estimate of drug-likeness (QED) is 0.750. The fraction of sp³-hybridized carbons (Fsp3) is 0.588. The van der Waals surface area contributed by atoms with Crippen molar-refractivity contribution in [1.29, 1.82) is 0 Å². The summed E-state index contributed by atoms with van der Waals surface area (Å²) >= 11 is 0. The van der Waals surface area contributed by atoms with Gasteiger partial charge in [-0.15, -0.1) is 0 Å². The molecule has 122 valence electrons. The van der Waals surface area contributed by atoms with Crippen LogP contribution in [0.3, 0.4) is 0 Å². The fourth-order valence-electron chi connectivity index (χ4n) is 2.84. The van der Waals surface area contributed by atoms with Crippen molar-refractivity contribution in [2.24, 2.45) is 5.41 Å². The van der Waals surface area contributed by atoms with Gasteiger partial charge in [0.1, 0.15) is 12.4 Å². The number of aryl methyl sites for hydroxylation is 1. The Morgan fingerprint density at radius 3 is 2.82 bits per heavy atom. The molecule has 2 N–H and O–H groups in total. The Morgan fingerprint density at radius 1 is 1.36 bits per heavy atom. The van der Waals surface area contributed by atoms with E-state index in [0.29, 0.717) is 19.8 Å². The summed E-state index contributed by atoms with van der Waals surface area (Å²) < 4.78 is 10.9. The molecule has 0 unspecified atom stereocenters. The van der Waals surface area contributed by atoms with Crippen LogP contribution in [0.25, 0.3) is 0 Å². The maximum Gasteiger partial charge on any atom is 0.228 e. The predicted octanol–water partition coefficient (Wildman–Crippen LogP) is 1.51. The van der Waals surface area contributed by atoms with Crippen LogP contribution in [-0.2, 0) is 9.53 Å². The Balaban J connectivity index is 1.78. The number of methoxy groups -OCH3 is 1. The lowest BCUT2D eigenvalue weighted by Gasteiger charge is -2.35. The third kappa shape index (κ3) is 4.45. The van der Waals surface area contributed by atoms with E-state index in [1.54, 1.807) is 7.11 Å². The summed E-state index contributed by atoms with van der Waals surface area (Å²) in [5, 5.41) is 6.28. The van der Waals surface area contributed by atoms with Crippen molar-refractivity contribution in [3.8, 4) is 5.75 Å². The molecular weight excluding hydrogens is 280 g/mol. The SMILES string of the molecule is COCC1(C(=O)NCCOc2cccc(C)c2)CCNCC1. The van der Waals surface area contributed by atoms with Gasteiger partial charge >= 0.3 is 0 Å². The van der Waals surface area contributed by atoms with E-state index in [0.717, 1.165) is 37.2 Å². The lowest BCUT2D eigenvalue weighted by Crippen LogP contribution is -2.50. The van der Waals surface area contributed by atoms with Gasteiger partial charge in [0.15, 0.2) is 0 Å². The van der Waals surface area contributed by atoms with Crippen LogP contribution < -0.4 is 15.4 Å². The molecule has 1 aliphatic heterocycles. The normalized spacial score (nSPS) is 17.0. The molecule has 1 aliphatic rings. The van der Waals surface area contributed by atoms with Gasteiger partial charge in [0.05, 0.1) is 18.6 Å². The summed E-state index contributed by atoms with van der Waals surface area (Å²) in [6.45, 7) is 5.19. The van der Waals surface area contributed by atoms with Crippen LogP contribution in [0.1, 0.15) is 18.4 Å². The molecule has 22 heavy (non-hydrogen) atoms. The van der Waals surface area contributed by atoms with Crippen molar-refractivity contribution in [1.82, 2.24) is 10.6 Å². The van der Waals surface area contributed by atoms with Gasteiger partial charge < -0.3 is 20.1 Å². The molecular formula is C17H26N2O3. The number of benzene rings is 1. The van der Waals surface area contributed by atoms with Crippen LogP contribution in [0.4, 0.5) is 0 Å². The van der Waals surface area contributed by atoms with E-state index in [9.17, 15) is 4.79 Å². The zero-order valence-corrected chi connectivity index (χ0v) is 13.5. The van der Waals surface area contributed by atoms with Gasteiger partial charge in [0, 0.05) is 7.11 Å². The second-order valence-electron chi connectivity index (χ2n) is 5.88. The van der Waals surface area contributed by atoms with Crippen LogP contribution in [0.5, 0.6) is 5.75 Å². The summed E-state index contributed by atoms with van der Waals surface area (Å²) in [7, 11) is 1.65. The highest BCUT2D eigenvalue weighted by Gasteiger charge is 2.39. The largest absolute Gasteiger partial charge is 0.492 e. The molecule has 1 heterocycles. The predicted molar refractivity (Wildman–Crippen MR) is 86.1 cm³/mol. The molecule has 0 atom stereocenters. The van der Waals surface area contributed by atoms with Crippen LogP contribution in [0, 0.1) is 12.3 Å². The topological polar surface area (TPSA) is 59.6 Å². The summed E-state index contributed by atoms with van der Waals surface area (Å²) in [6, 6.07) is 7.90. The highest BCUT2D eigenvalue weighted by atomic mass is 16.5. The zero-order chi connectivity index (χ0) is 15.8. The molecule has 0 saturated carbocycles. The van der Waals surface area contributed by atoms with Gasteiger partial charge in [-0.3, -0.25) is 4.79 Å². The molecule has 0 spiro atoms. The minimum absolute atomic E-state index is 0.0729. The molecule has 1 saturated heterocycles. The van der Waals surface area contributed by atoms with Gasteiger partial charge in [-0.2, -0.15) is 0 Å². The second-order valence-corrected chi connectivity index (χ2v) is 5.88. The first-order chi connectivity index (χ1) is 10.7. The number of nitrogens with one attached hydrogen (secondary N) is 2. The first kappa shape index (κ1) is 16.8. The average Bonchev–Trinajstić information content (AvgIpc) is 2.52. The summed E-state index contributed by atoms with van der Waals surface area (Å²) in [5.41, 5.74) is 0.763. The smallest absolute Gasteiger partial charge is 0.228 e. The van der Waals surface area contributed by atoms with Gasteiger partial charge in [-0.05, 0) is 50.6 Å². The van der Waals surface area contributed by atoms with Crippen LogP contribution in [-0.4, -0.2) is 45.9 Å². The number of carbonyl (C=O) groups excluding carboxylic acids is 1. The molecule has 1 amide bonds. The number of ether oxygens (including phenoxy) is 2. The number of hydrogen-bond donors (Lipinski definition) is 2. The molecule has 5 heteroatoms. The molecule has 0 aromatic heterocycles. The van der Waals surface area contributed by atoms with E-state index in [-0.39, 0.29) is 5.91 Å². The van der Waals surface area contributed by atoms with E-state index in [1.165, 1.54) is 0 Å². The monoisotopic (exact) mass is 306 g/mol. The van der Waals surface area contributed by atoms with E-state index < -0.39 is 5.41 Å².